The molecule has 2 amide bonds. The van der Waals surface area contributed by atoms with Crippen LogP contribution in [-0.4, -0.2) is 25.1 Å². The van der Waals surface area contributed by atoms with Crippen molar-refractivity contribution in [3.05, 3.63) is 91.9 Å². The molecule has 0 spiro atoms. The lowest BCUT2D eigenvalue weighted by Gasteiger charge is -2.08. The van der Waals surface area contributed by atoms with Gasteiger partial charge in [0.15, 0.2) is 0 Å². The first-order chi connectivity index (χ1) is 14.9. The fraction of sp³-hybridized carbons (Fsp3) is 0.0455. The number of benzene rings is 3. The third kappa shape index (κ3) is 5.85. The summed E-state index contributed by atoms with van der Waals surface area (Å²) >= 11 is 15.4. The summed E-state index contributed by atoms with van der Waals surface area (Å²) in [5, 5.41) is 7.47. The third-order valence-electron chi connectivity index (χ3n) is 4.13. The second kappa shape index (κ2) is 10.4. The second-order valence-electron chi connectivity index (χ2n) is 6.22. The van der Waals surface area contributed by atoms with Gasteiger partial charge in [0.1, 0.15) is 5.75 Å². The van der Waals surface area contributed by atoms with Crippen molar-refractivity contribution in [2.24, 2.45) is 5.10 Å². The molecule has 3 aromatic rings. The van der Waals surface area contributed by atoms with E-state index in [-0.39, 0.29) is 5.91 Å². The molecule has 0 aliphatic rings. The standard InChI is InChI=1S/C22H16BrCl2N3O3/c1-31-20-14(10-15(24)11-19(20)25)12-26-28-21(29)13-6-8-16(9-7-13)27-22(30)17-4-2-3-5-18(17)23/h2-12H,1H3,(H,27,30)(H,28,29). The molecule has 158 valence electrons. The molecule has 0 fully saturated rings. The maximum absolute atomic E-state index is 12.4. The van der Waals surface area contributed by atoms with Gasteiger partial charge in [0.25, 0.3) is 11.8 Å². The van der Waals surface area contributed by atoms with Crippen LogP contribution in [0.2, 0.25) is 10.0 Å². The number of hydrogen-bond acceptors (Lipinski definition) is 4. The van der Waals surface area contributed by atoms with Crippen LogP contribution in [0.4, 0.5) is 5.69 Å². The van der Waals surface area contributed by atoms with Gasteiger partial charge in [0.2, 0.25) is 0 Å². The van der Waals surface area contributed by atoms with Crippen molar-refractivity contribution in [3.8, 4) is 5.75 Å². The van der Waals surface area contributed by atoms with Crippen molar-refractivity contribution in [1.29, 1.82) is 0 Å². The summed E-state index contributed by atoms with van der Waals surface area (Å²) in [7, 11) is 1.47. The molecule has 3 aromatic carbocycles. The predicted molar refractivity (Wildman–Crippen MR) is 127 cm³/mol. The summed E-state index contributed by atoms with van der Waals surface area (Å²) in [4.78, 5) is 24.7. The zero-order chi connectivity index (χ0) is 22.4. The number of anilines is 1. The molecule has 0 saturated heterocycles. The maximum atomic E-state index is 12.4. The van der Waals surface area contributed by atoms with Gasteiger partial charge in [-0.1, -0.05) is 35.3 Å². The third-order valence-corrected chi connectivity index (χ3v) is 5.32. The highest BCUT2D eigenvalue weighted by Gasteiger charge is 2.11. The Morgan fingerprint density at radius 3 is 2.42 bits per heavy atom. The summed E-state index contributed by atoms with van der Waals surface area (Å²) in [5.74, 6) is -0.287. The molecule has 9 heteroatoms. The first kappa shape index (κ1) is 22.8. The summed E-state index contributed by atoms with van der Waals surface area (Å²) in [5.41, 5.74) is 4.38. The van der Waals surface area contributed by atoms with Crippen LogP contribution >= 0.6 is 39.1 Å². The monoisotopic (exact) mass is 519 g/mol. The zero-order valence-corrected chi connectivity index (χ0v) is 19.3. The van der Waals surface area contributed by atoms with Gasteiger partial charge >= 0.3 is 0 Å². The average Bonchev–Trinajstić information content (AvgIpc) is 2.74. The Kier molecular flexibility index (Phi) is 7.68. The maximum Gasteiger partial charge on any atom is 0.271 e. The van der Waals surface area contributed by atoms with Crippen LogP contribution in [0.15, 0.2) is 70.2 Å². The Labute approximate surface area is 197 Å². The van der Waals surface area contributed by atoms with Crippen LogP contribution in [0, 0.1) is 0 Å². The minimum Gasteiger partial charge on any atom is -0.495 e. The van der Waals surface area contributed by atoms with E-state index in [9.17, 15) is 9.59 Å². The molecule has 6 nitrogen and oxygen atoms in total. The van der Waals surface area contributed by atoms with E-state index in [2.05, 4.69) is 31.8 Å². The van der Waals surface area contributed by atoms with Gasteiger partial charge in [-0.25, -0.2) is 5.43 Å². The molecule has 0 aliphatic heterocycles. The molecule has 31 heavy (non-hydrogen) atoms. The van der Waals surface area contributed by atoms with Gasteiger partial charge in [-0.05, 0) is 64.5 Å². The van der Waals surface area contributed by atoms with Crippen molar-refractivity contribution < 1.29 is 14.3 Å². The fourth-order valence-electron chi connectivity index (χ4n) is 2.67. The molecular weight excluding hydrogens is 505 g/mol. The van der Waals surface area contributed by atoms with E-state index >= 15 is 0 Å². The first-order valence-electron chi connectivity index (χ1n) is 8.91. The van der Waals surface area contributed by atoms with E-state index in [0.717, 1.165) is 0 Å². The largest absolute Gasteiger partial charge is 0.495 e. The number of methoxy groups -OCH3 is 1. The highest BCUT2D eigenvalue weighted by molar-refractivity contribution is 9.10. The van der Waals surface area contributed by atoms with E-state index in [1.165, 1.54) is 13.3 Å². The number of rotatable bonds is 6. The normalized spacial score (nSPS) is 10.7. The summed E-state index contributed by atoms with van der Waals surface area (Å²) < 4.78 is 5.92. The molecule has 0 bridgehead atoms. The van der Waals surface area contributed by atoms with E-state index in [0.29, 0.717) is 42.6 Å². The summed E-state index contributed by atoms with van der Waals surface area (Å²) in [6.45, 7) is 0. The Hall–Kier alpha value is -2.87. The van der Waals surface area contributed by atoms with Crippen LogP contribution in [0.1, 0.15) is 26.3 Å². The Bertz CT molecular complexity index is 1150. The lowest BCUT2D eigenvalue weighted by molar-refractivity contribution is 0.0954. The Morgan fingerprint density at radius 1 is 1.03 bits per heavy atom. The van der Waals surface area contributed by atoms with E-state index in [1.807, 2.05) is 6.07 Å². The highest BCUT2D eigenvalue weighted by Crippen LogP contribution is 2.31. The minimum absolute atomic E-state index is 0.261. The lowest BCUT2D eigenvalue weighted by Crippen LogP contribution is -2.18. The molecule has 0 unspecified atom stereocenters. The topological polar surface area (TPSA) is 79.8 Å². The van der Waals surface area contributed by atoms with Crippen LogP contribution in [0.3, 0.4) is 0 Å². The highest BCUT2D eigenvalue weighted by atomic mass is 79.9. The number of halogens is 3. The number of amides is 2. The van der Waals surface area contributed by atoms with Gasteiger partial charge < -0.3 is 10.1 Å². The van der Waals surface area contributed by atoms with E-state index in [4.69, 9.17) is 27.9 Å². The molecule has 0 saturated carbocycles. The summed E-state index contributed by atoms with van der Waals surface area (Å²) in [6.07, 6.45) is 1.39. The van der Waals surface area contributed by atoms with Gasteiger partial charge in [-0.3, -0.25) is 9.59 Å². The SMILES string of the molecule is COc1c(Cl)cc(Cl)cc1C=NNC(=O)c1ccc(NC(=O)c2ccccc2Br)cc1. The first-order valence-corrected chi connectivity index (χ1v) is 10.5. The smallest absolute Gasteiger partial charge is 0.271 e. The quantitative estimate of drug-likeness (QED) is 0.319. The van der Waals surface area contributed by atoms with Gasteiger partial charge in [0.05, 0.1) is 23.9 Å². The number of hydrazone groups is 1. The molecule has 0 atom stereocenters. The number of nitrogens with one attached hydrogen (secondary N) is 2. The Balaban J connectivity index is 1.64. The molecular formula is C22H16BrCl2N3O3. The number of nitrogens with zero attached hydrogens (tertiary/aromatic N) is 1. The van der Waals surface area contributed by atoms with Crippen LogP contribution in [-0.2, 0) is 0 Å². The fourth-order valence-corrected chi connectivity index (χ4v) is 3.72. The predicted octanol–water partition coefficient (Wildman–Crippen LogP) is 5.78. The molecule has 0 radical (unpaired) electrons. The van der Waals surface area contributed by atoms with Crippen LogP contribution in [0.25, 0.3) is 0 Å². The van der Waals surface area contributed by atoms with Crippen molar-refractivity contribution in [1.82, 2.24) is 5.43 Å². The van der Waals surface area contributed by atoms with Crippen LogP contribution < -0.4 is 15.5 Å². The molecule has 0 aromatic heterocycles. The molecule has 2 N–H and O–H groups in total. The molecule has 0 aliphatic carbocycles. The van der Waals surface area contributed by atoms with Crippen molar-refractivity contribution >= 4 is 62.8 Å². The summed E-state index contributed by atoms with van der Waals surface area (Å²) in [6, 6.07) is 16.7. The van der Waals surface area contributed by atoms with Crippen molar-refractivity contribution in [3.63, 3.8) is 0 Å². The molecule has 0 heterocycles. The second-order valence-corrected chi connectivity index (χ2v) is 7.92. The Morgan fingerprint density at radius 2 is 1.74 bits per heavy atom. The number of ether oxygens (including phenoxy) is 1. The molecule has 3 rings (SSSR count). The van der Waals surface area contributed by atoms with Crippen LogP contribution in [0.5, 0.6) is 5.75 Å². The van der Waals surface area contributed by atoms with E-state index < -0.39 is 5.91 Å². The minimum atomic E-state index is -0.424. The van der Waals surface area contributed by atoms with Gasteiger partial charge in [-0.2, -0.15) is 5.10 Å². The number of carbonyl (C=O) groups excluding carboxylic acids is 2. The zero-order valence-electron chi connectivity index (χ0n) is 16.2. The van der Waals surface area contributed by atoms with Gasteiger partial charge in [-0.15, -0.1) is 0 Å². The van der Waals surface area contributed by atoms with Crippen molar-refractivity contribution in [2.45, 2.75) is 0 Å². The number of hydrogen-bond donors (Lipinski definition) is 2. The lowest BCUT2D eigenvalue weighted by atomic mass is 10.1. The average molecular weight is 521 g/mol. The van der Waals surface area contributed by atoms with Crippen molar-refractivity contribution in [2.75, 3.05) is 12.4 Å². The number of carbonyl (C=O) groups is 2. The van der Waals surface area contributed by atoms with Gasteiger partial charge in [0, 0.05) is 26.3 Å². The van der Waals surface area contributed by atoms with E-state index in [1.54, 1.807) is 54.6 Å².